The second kappa shape index (κ2) is 9.53. The SMILES string of the molecule is C[C@H](NC(=O)COc1ccccc1)[C@@H](c1ccccc1)N1CCN(C)CC1. The minimum absolute atomic E-state index is 0.0114. The molecule has 2 aromatic carbocycles. The predicted molar refractivity (Wildman–Crippen MR) is 108 cm³/mol. The molecule has 1 fully saturated rings. The Morgan fingerprint density at radius 1 is 1.00 bits per heavy atom. The van der Waals surface area contributed by atoms with Crippen LogP contribution in [-0.2, 0) is 4.79 Å². The van der Waals surface area contributed by atoms with Gasteiger partial charge in [-0.1, -0.05) is 48.5 Å². The van der Waals surface area contributed by atoms with Crippen LogP contribution in [0.1, 0.15) is 18.5 Å². The molecule has 0 unspecified atom stereocenters. The number of carbonyl (C=O) groups excluding carboxylic acids is 1. The van der Waals surface area contributed by atoms with E-state index in [1.54, 1.807) is 0 Å². The summed E-state index contributed by atoms with van der Waals surface area (Å²) < 4.78 is 5.58. The van der Waals surface area contributed by atoms with Crippen molar-refractivity contribution >= 4 is 5.91 Å². The van der Waals surface area contributed by atoms with Crippen LogP contribution in [0.2, 0.25) is 0 Å². The fourth-order valence-corrected chi connectivity index (χ4v) is 3.61. The van der Waals surface area contributed by atoms with Crippen molar-refractivity contribution < 1.29 is 9.53 Å². The van der Waals surface area contributed by atoms with Crippen LogP contribution < -0.4 is 10.1 Å². The van der Waals surface area contributed by atoms with E-state index in [-0.39, 0.29) is 24.6 Å². The lowest BCUT2D eigenvalue weighted by atomic mass is 9.97. The Balaban J connectivity index is 1.63. The van der Waals surface area contributed by atoms with Gasteiger partial charge in [-0.05, 0) is 31.7 Å². The fraction of sp³-hybridized carbons (Fsp3) is 0.409. The van der Waals surface area contributed by atoms with E-state index in [1.165, 1.54) is 5.56 Å². The first-order chi connectivity index (χ1) is 13.1. The zero-order chi connectivity index (χ0) is 19.1. The van der Waals surface area contributed by atoms with Crippen LogP contribution in [0.4, 0.5) is 0 Å². The summed E-state index contributed by atoms with van der Waals surface area (Å²) in [5.74, 6) is 0.611. The Kier molecular flexibility index (Phi) is 6.85. The zero-order valence-corrected chi connectivity index (χ0v) is 16.2. The number of hydrogen-bond acceptors (Lipinski definition) is 4. The Morgan fingerprint density at radius 3 is 2.22 bits per heavy atom. The minimum atomic E-state index is -0.0959. The molecule has 1 saturated heterocycles. The Morgan fingerprint density at radius 2 is 1.59 bits per heavy atom. The molecule has 1 aliphatic rings. The number of likely N-dealkylation sites (N-methyl/N-ethyl adjacent to an activating group) is 1. The van der Waals surface area contributed by atoms with Crippen molar-refractivity contribution in [1.29, 1.82) is 0 Å². The van der Waals surface area contributed by atoms with Crippen LogP contribution in [0, 0.1) is 0 Å². The van der Waals surface area contributed by atoms with Gasteiger partial charge in [-0.15, -0.1) is 0 Å². The second-order valence-electron chi connectivity index (χ2n) is 7.15. The van der Waals surface area contributed by atoms with Gasteiger partial charge < -0.3 is 15.0 Å². The van der Waals surface area contributed by atoms with Crippen molar-refractivity contribution in [2.45, 2.75) is 19.0 Å². The molecule has 5 nitrogen and oxygen atoms in total. The zero-order valence-electron chi connectivity index (χ0n) is 16.2. The van der Waals surface area contributed by atoms with Gasteiger partial charge in [0, 0.05) is 32.2 Å². The van der Waals surface area contributed by atoms with Crippen LogP contribution in [0.3, 0.4) is 0 Å². The number of carbonyl (C=O) groups is 1. The van der Waals surface area contributed by atoms with Gasteiger partial charge in [0.1, 0.15) is 5.75 Å². The lowest BCUT2D eigenvalue weighted by Crippen LogP contribution is -2.52. The molecule has 0 radical (unpaired) electrons. The first-order valence-electron chi connectivity index (χ1n) is 9.58. The van der Waals surface area contributed by atoms with Crippen molar-refractivity contribution in [1.82, 2.24) is 15.1 Å². The van der Waals surface area contributed by atoms with Crippen LogP contribution in [0.5, 0.6) is 5.75 Å². The topological polar surface area (TPSA) is 44.8 Å². The normalized spacial score (nSPS) is 17.9. The van der Waals surface area contributed by atoms with Gasteiger partial charge in [0.2, 0.25) is 0 Å². The average molecular weight is 367 g/mol. The Bertz CT molecular complexity index is 700. The first-order valence-corrected chi connectivity index (χ1v) is 9.58. The van der Waals surface area contributed by atoms with Crippen molar-refractivity contribution in [3.05, 3.63) is 66.2 Å². The molecule has 27 heavy (non-hydrogen) atoms. The van der Waals surface area contributed by atoms with Gasteiger partial charge in [-0.2, -0.15) is 0 Å². The van der Waals surface area contributed by atoms with Crippen LogP contribution in [-0.4, -0.2) is 61.6 Å². The third kappa shape index (κ3) is 5.55. The van der Waals surface area contributed by atoms with E-state index in [9.17, 15) is 4.79 Å². The number of amides is 1. The summed E-state index contributed by atoms with van der Waals surface area (Å²) in [5, 5.41) is 3.14. The van der Waals surface area contributed by atoms with Gasteiger partial charge >= 0.3 is 0 Å². The smallest absolute Gasteiger partial charge is 0.258 e. The number of para-hydroxylation sites is 1. The van der Waals surface area contributed by atoms with E-state index in [2.05, 4.69) is 53.4 Å². The molecule has 0 bridgehead atoms. The highest BCUT2D eigenvalue weighted by Gasteiger charge is 2.29. The number of rotatable bonds is 7. The molecule has 2 atom stereocenters. The van der Waals surface area contributed by atoms with E-state index in [0.29, 0.717) is 5.75 Å². The maximum Gasteiger partial charge on any atom is 0.258 e. The number of piperazine rings is 1. The minimum Gasteiger partial charge on any atom is -0.484 e. The fourth-order valence-electron chi connectivity index (χ4n) is 3.61. The number of hydrogen-bond donors (Lipinski definition) is 1. The van der Waals surface area contributed by atoms with Gasteiger partial charge in [-0.25, -0.2) is 0 Å². The summed E-state index contributed by atoms with van der Waals surface area (Å²) in [5.41, 5.74) is 1.24. The van der Waals surface area contributed by atoms with E-state index in [4.69, 9.17) is 4.74 Å². The highest BCUT2D eigenvalue weighted by molar-refractivity contribution is 5.77. The first kappa shape index (κ1) is 19.4. The Hall–Kier alpha value is -2.37. The summed E-state index contributed by atoms with van der Waals surface area (Å²) in [4.78, 5) is 17.2. The lowest BCUT2D eigenvalue weighted by molar-refractivity contribution is -0.124. The average Bonchev–Trinajstić information content (AvgIpc) is 2.70. The largest absolute Gasteiger partial charge is 0.484 e. The molecule has 1 amide bonds. The van der Waals surface area contributed by atoms with Crippen LogP contribution in [0.15, 0.2) is 60.7 Å². The predicted octanol–water partition coefficient (Wildman–Crippen LogP) is 2.56. The third-order valence-electron chi connectivity index (χ3n) is 5.05. The summed E-state index contributed by atoms with van der Waals surface area (Å²) in [6.45, 7) is 6.19. The van der Waals surface area contributed by atoms with Gasteiger partial charge in [0.05, 0.1) is 6.04 Å². The molecule has 1 heterocycles. The summed E-state index contributed by atoms with van der Waals surface area (Å²) in [7, 11) is 2.15. The molecule has 1 aliphatic heterocycles. The highest BCUT2D eigenvalue weighted by atomic mass is 16.5. The molecule has 3 rings (SSSR count). The van der Waals surface area contributed by atoms with Gasteiger partial charge in [-0.3, -0.25) is 9.69 Å². The highest BCUT2D eigenvalue weighted by Crippen LogP contribution is 2.25. The van der Waals surface area contributed by atoms with Crippen LogP contribution in [0.25, 0.3) is 0 Å². The molecule has 0 saturated carbocycles. The third-order valence-corrected chi connectivity index (χ3v) is 5.05. The molecule has 2 aromatic rings. The van der Waals surface area contributed by atoms with Crippen LogP contribution >= 0.6 is 0 Å². The van der Waals surface area contributed by atoms with E-state index in [1.807, 2.05) is 36.4 Å². The van der Waals surface area contributed by atoms with Crippen molar-refractivity contribution in [3.63, 3.8) is 0 Å². The van der Waals surface area contributed by atoms with Gasteiger partial charge in [0.25, 0.3) is 5.91 Å². The molecule has 144 valence electrons. The molecule has 1 N–H and O–H groups in total. The summed E-state index contributed by atoms with van der Waals surface area (Å²) in [6, 6.07) is 20.0. The monoisotopic (exact) mass is 367 g/mol. The molecule has 5 heteroatoms. The number of nitrogens with one attached hydrogen (secondary N) is 1. The van der Waals surface area contributed by atoms with Crippen molar-refractivity contribution in [3.8, 4) is 5.75 Å². The molecule has 0 aliphatic carbocycles. The maximum atomic E-state index is 12.4. The Labute approximate surface area is 161 Å². The number of ether oxygens (including phenoxy) is 1. The lowest BCUT2D eigenvalue weighted by Gasteiger charge is -2.41. The molecular formula is C22H29N3O2. The number of nitrogens with zero attached hydrogens (tertiary/aromatic N) is 2. The van der Waals surface area contributed by atoms with E-state index < -0.39 is 0 Å². The van der Waals surface area contributed by atoms with E-state index in [0.717, 1.165) is 26.2 Å². The summed E-state index contributed by atoms with van der Waals surface area (Å²) in [6.07, 6.45) is 0. The summed E-state index contributed by atoms with van der Waals surface area (Å²) >= 11 is 0. The number of benzene rings is 2. The molecular weight excluding hydrogens is 338 g/mol. The standard InChI is InChI=1S/C22H29N3O2/c1-18(23-21(26)17-27-20-11-7-4-8-12-20)22(19-9-5-3-6-10-19)25-15-13-24(2)14-16-25/h3-12,18,22H,13-17H2,1-2H3,(H,23,26)/t18-,22-/m0/s1. The van der Waals surface area contributed by atoms with Crippen molar-refractivity contribution in [2.24, 2.45) is 0 Å². The molecule has 0 aromatic heterocycles. The molecule has 0 spiro atoms. The van der Waals surface area contributed by atoms with E-state index >= 15 is 0 Å². The quantitative estimate of drug-likeness (QED) is 0.817. The maximum absolute atomic E-state index is 12.4. The van der Waals surface area contributed by atoms with Crippen molar-refractivity contribution in [2.75, 3.05) is 39.8 Å². The second-order valence-corrected chi connectivity index (χ2v) is 7.15. The van der Waals surface area contributed by atoms with Gasteiger partial charge in [0.15, 0.2) is 6.61 Å².